The first-order valence-corrected chi connectivity index (χ1v) is 5.93. The van der Waals surface area contributed by atoms with Gasteiger partial charge in [0.2, 0.25) is 0 Å². The summed E-state index contributed by atoms with van der Waals surface area (Å²) in [7, 11) is 0. The van der Waals surface area contributed by atoms with Crippen LogP contribution in [0.1, 0.15) is 18.9 Å². The van der Waals surface area contributed by atoms with Gasteiger partial charge in [-0.15, -0.1) is 0 Å². The predicted octanol–water partition coefficient (Wildman–Crippen LogP) is 2.72. The van der Waals surface area contributed by atoms with E-state index in [0.29, 0.717) is 11.4 Å². The molecule has 1 aromatic heterocycles. The maximum atomic E-state index is 12.3. The normalized spacial score (nSPS) is 14.6. The Balaban J connectivity index is 2.80. The van der Waals surface area contributed by atoms with Gasteiger partial charge in [-0.1, -0.05) is 23.8 Å². The Labute approximate surface area is 106 Å². The highest BCUT2D eigenvalue weighted by atomic mass is 32.2. The number of thioether (sulfide) groups is 1. The fourth-order valence-corrected chi connectivity index (χ4v) is 2.07. The molecule has 1 unspecified atom stereocenters. The summed E-state index contributed by atoms with van der Waals surface area (Å²) in [6.45, 7) is 1.82. The van der Waals surface area contributed by atoms with E-state index in [2.05, 4.69) is 10.1 Å². The second kappa shape index (κ2) is 5.94. The number of amidine groups is 1. The molecule has 0 spiro atoms. The van der Waals surface area contributed by atoms with Crippen molar-refractivity contribution in [1.29, 1.82) is 0 Å². The van der Waals surface area contributed by atoms with Crippen LogP contribution in [-0.4, -0.2) is 21.3 Å². The molecule has 1 atom stereocenters. The summed E-state index contributed by atoms with van der Waals surface area (Å²) in [5.41, 5.74) is 4.64. The number of hydrogen-bond acceptors (Lipinski definition) is 4. The number of alkyl halides is 3. The summed E-state index contributed by atoms with van der Waals surface area (Å²) in [4.78, 5) is 3.70. The molecule has 3 N–H and O–H groups in total. The molecule has 0 aliphatic carbocycles. The second-order valence-corrected chi connectivity index (χ2v) is 4.65. The topological polar surface area (TPSA) is 71.5 Å². The average Bonchev–Trinajstić information content (AvgIpc) is 2.34. The van der Waals surface area contributed by atoms with E-state index in [1.54, 1.807) is 0 Å². The van der Waals surface area contributed by atoms with E-state index in [1.165, 1.54) is 6.07 Å². The molecule has 0 aliphatic heterocycles. The number of rotatable bonds is 4. The van der Waals surface area contributed by atoms with Crippen LogP contribution in [0.15, 0.2) is 28.5 Å². The van der Waals surface area contributed by atoms with Gasteiger partial charge in [0.1, 0.15) is 0 Å². The number of pyridine rings is 1. The van der Waals surface area contributed by atoms with Crippen molar-refractivity contribution < 1.29 is 18.4 Å². The van der Waals surface area contributed by atoms with E-state index in [1.807, 2.05) is 6.92 Å². The van der Waals surface area contributed by atoms with Gasteiger partial charge < -0.3 is 10.9 Å². The summed E-state index contributed by atoms with van der Waals surface area (Å²) in [6.07, 6.45) is -3.06. The van der Waals surface area contributed by atoms with E-state index in [-0.39, 0.29) is 11.1 Å². The summed E-state index contributed by atoms with van der Waals surface area (Å²) >= 11 is 1.15. The van der Waals surface area contributed by atoms with Gasteiger partial charge in [0.15, 0.2) is 5.84 Å². The minimum absolute atomic E-state index is 0.0178. The zero-order chi connectivity index (χ0) is 13.8. The molecule has 0 amide bonds. The number of hydrogen-bond donors (Lipinski definition) is 2. The molecule has 0 fully saturated rings. The van der Waals surface area contributed by atoms with Crippen LogP contribution in [0.5, 0.6) is 0 Å². The SMILES string of the molecule is CCC(Sc1ccc(C(F)(F)F)cn1)C(N)=NO. The average molecular weight is 279 g/mol. The van der Waals surface area contributed by atoms with Crippen LogP contribution < -0.4 is 5.73 Å². The highest BCUT2D eigenvalue weighted by Gasteiger charge is 2.30. The minimum atomic E-state index is -4.40. The van der Waals surface area contributed by atoms with Gasteiger partial charge in [0.05, 0.1) is 15.8 Å². The lowest BCUT2D eigenvalue weighted by atomic mass is 10.3. The fourth-order valence-electron chi connectivity index (χ4n) is 1.18. The molecule has 0 aliphatic rings. The van der Waals surface area contributed by atoms with Gasteiger partial charge in [-0.05, 0) is 18.6 Å². The zero-order valence-corrected chi connectivity index (χ0v) is 10.3. The van der Waals surface area contributed by atoms with Crippen molar-refractivity contribution in [1.82, 2.24) is 4.98 Å². The lowest BCUT2D eigenvalue weighted by molar-refractivity contribution is -0.137. The highest BCUT2D eigenvalue weighted by molar-refractivity contribution is 8.00. The Hall–Kier alpha value is -1.44. The number of nitrogens with two attached hydrogens (primary N) is 1. The van der Waals surface area contributed by atoms with Crippen LogP contribution in [0.4, 0.5) is 13.2 Å². The Morgan fingerprint density at radius 3 is 2.61 bits per heavy atom. The molecule has 18 heavy (non-hydrogen) atoms. The number of halogens is 3. The van der Waals surface area contributed by atoms with Gasteiger partial charge in [0, 0.05) is 6.20 Å². The molecule has 1 rings (SSSR count). The molecular formula is C10H12F3N3OS. The van der Waals surface area contributed by atoms with E-state index >= 15 is 0 Å². The molecule has 8 heteroatoms. The van der Waals surface area contributed by atoms with Crippen LogP contribution in [-0.2, 0) is 6.18 Å². The van der Waals surface area contributed by atoms with Gasteiger partial charge in [-0.2, -0.15) is 13.2 Å². The summed E-state index contributed by atoms with van der Waals surface area (Å²) in [5, 5.41) is 11.5. The number of nitrogens with zero attached hydrogens (tertiary/aromatic N) is 2. The van der Waals surface area contributed by atoms with Gasteiger partial charge >= 0.3 is 6.18 Å². The van der Waals surface area contributed by atoms with Crippen molar-refractivity contribution in [2.45, 2.75) is 29.8 Å². The maximum Gasteiger partial charge on any atom is 0.417 e. The quantitative estimate of drug-likeness (QED) is 0.292. The van der Waals surface area contributed by atoms with Crippen molar-refractivity contribution in [3.05, 3.63) is 23.9 Å². The lowest BCUT2D eigenvalue weighted by Gasteiger charge is -2.12. The molecule has 0 radical (unpaired) electrons. The second-order valence-electron chi connectivity index (χ2n) is 3.42. The Morgan fingerprint density at radius 2 is 2.22 bits per heavy atom. The van der Waals surface area contributed by atoms with Crippen molar-refractivity contribution in [2.24, 2.45) is 10.9 Å². The van der Waals surface area contributed by atoms with Crippen LogP contribution in [0.25, 0.3) is 0 Å². The molecule has 4 nitrogen and oxygen atoms in total. The number of aromatic nitrogens is 1. The van der Waals surface area contributed by atoms with Crippen LogP contribution in [0.2, 0.25) is 0 Å². The zero-order valence-electron chi connectivity index (χ0n) is 9.48. The van der Waals surface area contributed by atoms with Gasteiger partial charge in [-0.3, -0.25) is 0 Å². The highest BCUT2D eigenvalue weighted by Crippen LogP contribution is 2.30. The molecule has 100 valence electrons. The standard InChI is InChI=1S/C10H12F3N3OS/c1-2-7(9(14)16-17)18-8-4-3-6(5-15-8)10(11,12)13/h3-5,7,17H,2H2,1H3,(H2,14,16). The van der Waals surface area contributed by atoms with Gasteiger partial charge in [-0.25, -0.2) is 4.98 Å². The Bertz CT molecular complexity index is 419. The van der Waals surface area contributed by atoms with Crippen molar-refractivity contribution in [2.75, 3.05) is 0 Å². The molecule has 1 aromatic rings. The van der Waals surface area contributed by atoms with E-state index in [4.69, 9.17) is 10.9 Å². The molecule has 1 heterocycles. The third-order valence-corrected chi connectivity index (χ3v) is 3.49. The predicted molar refractivity (Wildman–Crippen MR) is 62.6 cm³/mol. The monoisotopic (exact) mass is 279 g/mol. The minimum Gasteiger partial charge on any atom is -0.409 e. The Kier molecular flexibility index (Phi) is 4.83. The first-order valence-electron chi connectivity index (χ1n) is 5.05. The smallest absolute Gasteiger partial charge is 0.409 e. The third kappa shape index (κ3) is 3.80. The lowest BCUT2D eigenvalue weighted by Crippen LogP contribution is -2.25. The van der Waals surface area contributed by atoms with Crippen LogP contribution in [0, 0.1) is 0 Å². The number of oxime groups is 1. The van der Waals surface area contributed by atoms with Crippen molar-refractivity contribution in [3.8, 4) is 0 Å². The van der Waals surface area contributed by atoms with E-state index in [9.17, 15) is 13.2 Å². The molecular weight excluding hydrogens is 267 g/mol. The first-order chi connectivity index (χ1) is 8.38. The van der Waals surface area contributed by atoms with Crippen LogP contribution in [0.3, 0.4) is 0 Å². The van der Waals surface area contributed by atoms with Crippen molar-refractivity contribution >= 4 is 17.6 Å². The molecule has 0 saturated heterocycles. The molecule has 0 saturated carbocycles. The Morgan fingerprint density at radius 1 is 1.56 bits per heavy atom. The fraction of sp³-hybridized carbons (Fsp3) is 0.400. The first kappa shape index (κ1) is 14.6. The van der Waals surface area contributed by atoms with Gasteiger partial charge in [0.25, 0.3) is 0 Å². The van der Waals surface area contributed by atoms with Crippen molar-refractivity contribution in [3.63, 3.8) is 0 Å². The molecule has 0 aromatic carbocycles. The summed E-state index contributed by atoms with van der Waals surface area (Å²) < 4.78 is 36.9. The maximum absolute atomic E-state index is 12.3. The van der Waals surface area contributed by atoms with E-state index in [0.717, 1.165) is 24.0 Å². The van der Waals surface area contributed by atoms with Crippen LogP contribution >= 0.6 is 11.8 Å². The third-order valence-electron chi connectivity index (χ3n) is 2.14. The summed E-state index contributed by atoms with van der Waals surface area (Å²) in [6, 6.07) is 2.22. The largest absolute Gasteiger partial charge is 0.417 e. The summed E-state index contributed by atoms with van der Waals surface area (Å²) in [5.74, 6) is 0.0178. The molecule has 0 bridgehead atoms. The van der Waals surface area contributed by atoms with E-state index < -0.39 is 11.7 Å².